The number of rotatable bonds is 6. The molecule has 8 nitrogen and oxygen atoms in total. The number of amides is 1. The van der Waals surface area contributed by atoms with Gasteiger partial charge >= 0.3 is 5.97 Å². The molecule has 45 heavy (non-hydrogen) atoms. The molecule has 0 radical (unpaired) electrons. The van der Waals surface area contributed by atoms with Crippen molar-refractivity contribution >= 4 is 45.0 Å². The maximum atomic E-state index is 13.0. The van der Waals surface area contributed by atoms with Crippen LogP contribution in [0.2, 0.25) is 5.02 Å². The molecule has 3 heterocycles. The first-order chi connectivity index (χ1) is 21.4. The van der Waals surface area contributed by atoms with Crippen LogP contribution in [0.5, 0.6) is 11.5 Å². The number of hydrogen-bond donors (Lipinski definition) is 1. The summed E-state index contributed by atoms with van der Waals surface area (Å²) >= 11 is 7.88. The third-order valence-corrected chi connectivity index (χ3v) is 8.88. The fourth-order valence-corrected chi connectivity index (χ4v) is 6.73. The summed E-state index contributed by atoms with van der Waals surface area (Å²) < 4.78 is 13.0. The number of ether oxygens (including phenoxy) is 2. The quantitative estimate of drug-likeness (QED) is 0.201. The van der Waals surface area contributed by atoms with Gasteiger partial charge in [-0.05, 0) is 93.4 Å². The molecular weight excluding hydrogens is 610 g/mol. The van der Waals surface area contributed by atoms with Crippen LogP contribution in [-0.2, 0) is 11.2 Å². The summed E-state index contributed by atoms with van der Waals surface area (Å²) in [5.41, 5.74) is 6.12. The lowest BCUT2D eigenvalue weighted by molar-refractivity contribution is -0.136. The van der Waals surface area contributed by atoms with E-state index < -0.39 is 11.6 Å². The number of benzene rings is 3. The number of thiazole rings is 1. The average molecular weight is 642 g/mol. The summed E-state index contributed by atoms with van der Waals surface area (Å²) in [5, 5.41) is 11.1. The summed E-state index contributed by atoms with van der Waals surface area (Å²) in [4.78, 5) is 36.3. The lowest BCUT2D eigenvalue weighted by atomic mass is 9.92. The van der Waals surface area contributed by atoms with Crippen molar-refractivity contribution in [3.63, 3.8) is 0 Å². The highest BCUT2D eigenvalue weighted by molar-refractivity contribution is 7.22. The normalized spacial score (nSPS) is 13.4. The van der Waals surface area contributed by atoms with E-state index in [-0.39, 0.29) is 12.3 Å². The van der Waals surface area contributed by atoms with E-state index in [0.717, 1.165) is 43.0 Å². The van der Waals surface area contributed by atoms with Crippen molar-refractivity contribution in [1.82, 2.24) is 14.9 Å². The zero-order chi connectivity index (χ0) is 32.0. The molecule has 3 aromatic carbocycles. The average Bonchev–Trinajstić information content (AvgIpc) is 3.34. The van der Waals surface area contributed by atoms with E-state index in [1.165, 1.54) is 11.3 Å². The van der Waals surface area contributed by atoms with E-state index in [1.807, 2.05) is 70.2 Å². The molecule has 0 atom stereocenters. The lowest BCUT2D eigenvalue weighted by Crippen LogP contribution is -2.27. The van der Waals surface area contributed by atoms with Gasteiger partial charge in [-0.3, -0.25) is 14.6 Å². The highest BCUT2D eigenvalue weighted by Gasteiger charge is 2.25. The van der Waals surface area contributed by atoms with Crippen molar-refractivity contribution in [3.05, 3.63) is 82.5 Å². The second-order valence-electron chi connectivity index (χ2n) is 12.1. The van der Waals surface area contributed by atoms with E-state index >= 15 is 0 Å². The van der Waals surface area contributed by atoms with E-state index in [1.54, 1.807) is 30.3 Å². The van der Waals surface area contributed by atoms with E-state index in [0.29, 0.717) is 46.5 Å². The van der Waals surface area contributed by atoms with Crippen LogP contribution in [0, 0.1) is 6.92 Å². The van der Waals surface area contributed by atoms with Crippen LogP contribution < -0.4 is 9.47 Å². The Hall–Kier alpha value is -4.47. The second-order valence-corrected chi connectivity index (χ2v) is 13.5. The van der Waals surface area contributed by atoms with Gasteiger partial charge in [0.25, 0.3) is 5.91 Å². The maximum Gasteiger partial charge on any atom is 0.307 e. The minimum absolute atomic E-state index is 0.0937. The number of hydrogen-bond acceptors (Lipinski definition) is 7. The number of nitrogens with zero attached hydrogens (tertiary/aromatic N) is 3. The van der Waals surface area contributed by atoms with Gasteiger partial charge in [0.05, 0.1) is 34.4 Å². The Bertz CT molecular complexity index is 1980. The smallest absolute Gasteiger partial charge is 0.307 e. The number of carbonyl (C=O) groups is 2. The Morgan fingerprint density at radius 3 is 2.64 bits per heavy atom. The Balaban J connectivity index is 1.50. The third kappa shape index (κ3) is 6.23. The van der Waals surface area contributed by atoms with Crippen LogP contribution >= 0.6 is 22.9 Å². The number of carboxylic acids is 1. The molecule has 1 aliphatic rings. The van der Waals surface area contributed by atoms with Crippen molar-refractivity contribution in [3.8, 4) is 44.5 Å². The van der Waals surface area contributed by atoms with Gasteiger partial charge in [-0.15, -0.1) is 11.3 Å². The zero-order valence-corrected chi connectivity index (χ0v) is 27.2. The van der Waals surface area contributed by atoms with Gasteiger partial charge < -0.3 is 19.5 Å². The van der Waals surface area contributed by atoms with Gasteiger partial charge in [0.1, 0.15) is 28.7 Å². The number of fused-ring (bicyclic) bond motifs is 2. The topological polar surface area (TPSA) is 102 Å². The highest BCUT2D eigenvalue weighted by Crippen LogP contribution is 2.45. The molecule has 1 amide bonds. The molecular formula is C35H32ClN3O5S. The van der Waals surface area contributed by atoms with Crippen LogP contribution in [0.4, 0.5) is 0 Å². The first-order valence-electron chi connectivity index (χ1n) is 14.5. The summed E-state index contributed by atoms with van der Waals surface area (Å²) in [5.74, 6) is 0.114. The summed E-state index contributed by atoms with van der Waals surface area (Å²) in [6.07, 6.45) is 1.57. The predicted molar refractivity (Wildman–Crippen MR) is 178 cm³/mol. The molecule has 0 unspecified atom stereocenters. The molecule has 0 aliphatic carbocycles. The van der Waals surface area contributed by atoms with Gasteiger partial charge in [0.15, 0.2) is 0 Å². The van der Waals surface area contributed by atoms with Crippen LogP contribution in [0.25, 0.3) is 43.2 Å². The molecule has 0 bridgehead atoms. The number of aromatic nitrogens is 2. The fourth-order valence-electron chi connectivity index (χ4n) is 5.44. The van der Waals surface area contributed by atoms with Crippen LogP contribution in [0.3, 0.4) is 0 Å². The number of aryl methyl sites for hydroxylation is 1. The van der Waals surface area contributed by atoms with Gasteiger partial charge in [-0.1, -0.05) is 11.6 Å². The SMILES string of the molecule is Cc1cc2nc(-c3ccnc(-c4ccc5c(c4)C(=O)N(C)CCO5)c3)sc2c(-c2ccc(Cl)cc2OC(C)(C)C)c1CC(=O)O. The van der Waals surface area contributed by atoms with Crippen molar-refractivity contribution in [1.29, 1.82) is 0 Å². The third-order valence-electron chi connectivity index (χ3n) is 7.51. The molecule has 0 fully saturated rings. The van der Waals surface area contributed by atoms with Crippen molar-refractivity contribution in [2.24, 2.45) is 0 Å². The van der Waals surface area contributed by atoms with Gasteiger partial charge in [-0.25, -0.2) is 4.98 Å². The molecule has 0 saturated carbocycles. The molecule has 6 rings (SSSR count). The first kappa shape index (κ1) is 30.6. The second kappa shape index (κ2) is 11.8. The Kier molecular flexibility index (Phi) is 8.01. The molecule has 1 N–H and O–H groups in total. The van der Waals surface area contributed by atoms with Crippen LogP contribution in [0.1, 0.15) is 42.3 Å². The van der Waals surface area contributed by atoms with Crippen LogP contribution in [-0.4, -0.2) is 57.7 Å². The van der Waals surface area contributed by atoms with Crippen LogP contribution in [0.15, 0.2) is 60.8 Å². The molecule has 0 saturated heterocycles. The summed E-state index contributed by atoms with van der Waals surface area (Å²) in [6, 6.07) is 16.8. The van der Waals surface area contributed by atoms with E-state index in [2.05, 4.69) is 4.98 Å². The van der Waals surface area contributed by atoms with Crippen molar-refractivity contribution in [2.45, 2.75) is 39.7 Å². The minimum atomic E-state index is -0.926. The minimum Gasteiger partial charge on any atom is -0.491 e. The highest BCUT2D eigenvalue weighted by atomic mass is 35.5. The fraction of sp³-hybridized carbons (Fsp3) is 0.257. The molecule has 1 aliphatic heterocycles. The number of aliphatic carboxylic acids is 1. The molecule has 230 valence electrons. The molecule has 10 heteroatoms. The van der Waals surface area contributed by atoms with Gasteiger partial charge in [-0.2, -0.15) is 0 Å². The van der Waals surface area contributed by atoms with Crippen molar-refractivity contribution < 1.29 is 24.2 Å². The number of halogens is 1. The number of pyridine rings is 1. The lowest BCUT2D eigenvalue weighted by Gasteiger charge is -2.24. The summed E-state index contributed by atoms with van der Waals surface area (Å²) in [6.45, 7) is 8.74. The van der Waals surface area contributed by atoms with Gasteiger partial charge in [0.2, 0.25) is 0 Å². The summed E-state index contributed by atoms with van der Waals surface area (Å²) in [7, 11) is 1.76. The van der Waals surface area contributed by atoms with E-state index in [9.17, 15) is 14.7 Å². The number of likely N-dealkylation sites (N-methyl/N-ethyl adjacent to an activating group) is 1. The zero-order valence-electron chi connectivity index (χ0n) is 25.6. The molecule has 2 aromatic heterocycles. The Morgan fingerprint density at radius 1 is 1.09 bits per heavy atom. The predicted octanol–water partition coefficient (Wildman–Crippen LogP) is 7.92. The molecule has 5 aromatic rings. The standard InChI is InChI=1S/C35H32ClN3O5S/c1-19-14-27-32(31(24(19)18-30(40)41)23-8-7-22(36)17-29(23)44-35(2,3)4)45-33(38-27)21-10-11-37-26(16-21)20-6-9-28-25(15-20)34(42)39(5)12-13-43-28/h6-11,14-17H,12-13,18H2,1-5H3,(H,40,41). The number of carboxylic acid groups (broad SMARTS) is 1. The largest absolute Gasteiger partial charge is 0.491 e. The van der Waals surface area contributed by atoms with E-state index in [4.69, 9.17) is 26.1 Å². The van der Waals surface area contributed by atoms with Gasteiger partial charge in [0, 0.05) is 40.5 Å². The first-order valence-corrected chi connectivity index (χ1v) is 15.7. The monoisotopic (exact) mass is 641 g/mol. The van der Waals surface area contributed by atoms with Crippen molar-refractivity contribution in [2.75, 3.05) is 20.2 Å². The molecule has 0 spiro atoms. The number of carbonyl (C=O) groups excluding carboxylic acids is 1. The maximum absolute atomic E-state index is 13.0. The Labute approximate surface area is 270 Å². The Morgan fingerprint density at radius 2 is 1.89 bits per heavy atom.